The molecule has 138 valence electrons. The van der Waals surface area contributed by atoms with Crippen molar-refractivity contribution in [2.45, 2.75) is 12.7 Å². The highest BCUT2D eigenvalue weighted by Gasteiger charge is 2.36. The van der Waals surface area contributed by atoms with Gasteiger partial charge in [0.25, 0.3) is 5.91 Å². The fourth-order valence-corrected chi connectivity index (χ4v) is 3.07. The molecule has 0 radical (unpaired) electrons. The lowest BCUT2D eigenvalue weighted by molar-refractivity contribution is -0.138. The summed E-state index contributed by atoms with van der Waals surface area (Å²) in [7, 11) is 0. The van der Waals surface area contributed by atoms with Gasteiger partial charge in [-0.15, -0.1) is 0 Å². The normalized spacial score (nSPS) is 15.9. The zero-order valence-electron chi connectivity index (χ0n) is 13.8. The third-order valence-corrected chi connectivity index (χ3v) is 4.54. The van der Waals surface area contributed by atoms with Gasteiger partial charge in [0.1, 0.15) is 5.15 Å². The minimum atomic E-state index is -4.55. The number of amides is 1. The highest BCUT2D eigenvalue weighted by atomic mass is 35.5. The topological polar surface area (TPSA) is 36.4 Å². The van der Waals surface area contributed by atoms with Gasteiger partial charge < -0.3 is 4.90 Å². The van der Waals surface area contributed by atoms with Gasteiger partial charge in [-0.3, -0.25) is 9.69 Å². The molecule has 2 heterocycles. The summed E-state index contributed by atoms with van der Waals surface area (Å²) >= 11 is 5.76. The summed E-state index contributed by atoms with van der Waals surface area (Å²) in [5.41, 5.74) is -0.188. The Kier molecular flexibility index (Phi) is 5.48. The number of pyridine rings is 1. The molecule has 8 heteroatoms. The van der Waals surface area contributed by atoms with Gasteiger partial charge in [0, 0.05) is 38.9 Å². The lowest BCUT2D eigenvalue weighted by Gasteiger charge is -2.35. The summed E-state index contributed by atoms with van der Waals surface area (Å²) in [5.74, 6) is -0.578. The van der Waals surface area contributed by atoms with Crippen LogP contribution in [-0.2, 0) is 12.7 Å². The first-order valence-electron chi connectivity index (χ1n) is 8.13. The molecular weight excluding hydrogens is 367 g/mol. The first-order chi connectivity index (χ1) is 12.3. The minimum absolute atomic E-state index is 0.296. The summed E-state index contributed by atoms with van der Waals surface area (Å²) in [6, 6.07) is 8.51. The van der Waals surface area contributed by atoms with Gasteiger partial charge in [0.05, 0.1) is 11.1 Å². The van der Waals surface area contributed by atoms with Crippen LogP contribution in [0.25, 0.3) is 0 Å². The molecule has 26 heavy (non-hydrogen) atoms. The van der Waals surface area contributed by atoms with Crippen molar-refractivity contribution in [3.05, 3.63) is 64.4 Å². The maximum absolute atomic E-state index is 13.1. The highest BCUT2D eigenvalue weighted by Crippen LogP contribution is 2.32. The van der Waals surface area contributed by atoms with Crippen molar-refractivity contribution >= 4 is 17.5 Å². The molecule has 1 saturated heterocycles. The Hall–Kier alpha value is -2.12. The zero-order valence-corrected chi connectivity index (χ0v) is 14.6. The van der Waals surface area contributed by atoms with Gasteiger partial charge >= 0.3 is 6.18 Å². The number of benzene rings is 1. The van der Waals surface area contributed by atoms with Crippen molar-refractivity contribution < 1.29 is 18.0 Å². The summed E-state index contributed by atoms with van der Waals surface area (Å²) in [4.78, 5) is 20.2. The summed E-state index contributed by atoms with van der Waals surface area (Å²) < 4.78 is 39.3. The van der Waals surface area contributed by atoms with E-state index in [0.29, 0.717) is 37.9 Å². The van der Waals surface area contributed by atoms with E-state index in [1.165, 1.54) is 23.1 Å². The molecule has 1 aromatic carbocycles. The monoisotopic (exact) mass is 383 g/mol. The molecular formula is C18H17ClF3N3O. The summed E-state index contributed by atoms with van der Waals surface area (Å²) in [6.45, 7) is 2.59. The first kappa shape index (κ1) is 18.7. The quantitative estimate of drug-likeness (QED) is 0.758. The van der Waals surface area contributed by atoms with Crippen LogP contribution in [0.4, 0.5) is 13.2 Å². The molecule has 0 aliphatic carbocycles. The number of nitrogens with zero attached hydrogens (tertiary/aromatic N) is 3. The van der Waals surface area contributed by atoms with Gasteiger partial charge in [-0.05, 0) is 23.8 Å². The number of carbonyl (C=O) groups is 1. The highest BCUT2D eigenvalue weighted by molar-refractivity contribution is 6.29. The number of hydrogen-bond donors (Lipinski definition) is 0. The van der Waals surface area contributed by atoms with Crippen molar-refractivity contribution in [3.63, 3.8) is 0 Å². The van der Waals surface area contributed by atoms with Crippen molar-refractivity contribution in [1.29, 1.82) is 0 Å². The minimum Gasteiger partial charge on any atom is -0.336 e. The number of piperazine rings is 1. The number of halogens is 4. The molecule has 0 atom stereocenters. The molecule has 3 rings (SSSR count). The lowest BCUT2D eigenvalue weighted by atomic mass is 10.1. The molecule has 1 fully saturated rings. The fraction of sp³-hybridized carbons (Fsp3) is 0.333. The molecule has 0 bridgehead atoms. The van der Waals surface area contributed by atoms with Crippen LogP contribution in [0.2, 0.25) is 5.15 Å². The van der Waals surface area contributed by atoms with Crippen LogP contribution in [0.15, 0.2) is 42.6 Å². The Morgan fingerprint density at radius 2 is 1.77 bits per heavy atom. The van der Waals surface area contributed by atoms with E-state index in [9.17, 15) is 18.0 Å². The average molecular weight is 384 g/mol. The van der Waals surface area contributed by atoms with E-state index < -0.39 is 17.6 Å². The molecule has 0 spiro atoms. The zero-order chi connectivity index (χ0) is 18.7. The number of alkyl halides is 3. The van der Waals surface area contributed by atoms with Crippen LogP contribution < -0.4 is 0 Å². The maximum Gasteiger partial charge on any atom is 0.417 e. The number of rotatable bonds is 3. The first-order valence-corrected chi connectivity index (χ1v) is 8.50. The fourth-order valence-electron chi connectivity index (χ4n) is 2.95. The predicted octanol–water partition coefficient (Wildman–Crippen LogP) is 3.71. The number of hydrogen-bond acceptors (Lipinski definition) is 3. The Bertz CT molecular complexity index is 772. The van der Waals surface area contributed by atoms with E-state index in [0.717, 1.165) is 11.6 Å². The van der Waals surface area contributed by atoms with E-state index in [2.05, 4.69) is 9.88 Å². The Balaban J connectivity index is 1.63. The number of carbonyl (C=O) groups excluding carboxylic acids is 1. The van der Waals surface area contributed by atoms with Crippen LogP contribution in [-0.4, -0.2) is 46.9 Å². The van der Waals surface area contributed by atoms with Crippen LogP contribution in [0.3, 0.4) is 0 Å². The van der Waals surface area contributed by atoms with Crippen molar-refractivity contribution in [1.82, 2.24) is 14.8 Å². The molecule has 1 aromatic heterocycles. The summed E-state index contributed by atoms with van der Waals surface area (Å²) in [5, 5.41) is 0.424. The van der Waals surface area contributed by atoms with Crippen molar-refractivity contribution in [2.24, 2.45) is 0 Å². The van der Waals surface area contributed by atoms with Crippen LogP contribution in [0, 0.1) is 0 Å². The third kappa shape index (κ3) is 4.34. The largest absolute Gasteiger partial charge is 0.417 e. The maximum atomic E-state index is 13.1. The molecule has 2 aromatic rings. The second kappa shape index (κ2) is 7.63. The van der Waals surface area contributed by atoms with E-state index in [1.54, 1.807) is 12.3 Å². The second-order valence-corrected chi connectivity index (χ2v) is 6.49. The summed E-state index contributed by atoms with van der Waals surface area (Å²) in [6.07, 6.45) is -2.85. The smallest absolute Gasteiger partial charge is 0.336 e. The molecule has 1 amide bonds. The van der Waals surface area contributed by atoms with Crippen LogP contribution in [0.5, 0.6) is 0 Å². The molecule has 1 aliphatic heterocycles. The van der Waals surface area contributed by atoms with Gasteiger partial charge in [-0.2, -0.15) is 13.2 Å². The third-order valence-electron chi connectivity index (χ3n) is 4.32. The standard InChI is InChI=1S/C18H17ClF3N3O/c19-16-6-5-13(11-23-16)12-24-7-9-25(10-8-24)17(26)14-3-1-2-4-15(14)18(20,21)22/h1-6,11H,7-10,12H2. The van der Waals surface area contributed by atoms with Gasteiger partial charge in [0.15, 0.2) is 0 Å². The van der Waals surface area contributed by atoms with Crippen molar-refractivity contribution in [2.75, 3.05) is 26.2 Å². The molecule has 4 nitrogen and oxygen atoms in total. The van der Waals surface area contributed by atoms with Gasteiger partial charge in [-0.1, -0.05) is 29.8 Å². The van der Waals surface area contributed by atoms with E-state index >= 15 is 0 Å². The predicted molar refractivity (Wildman–Crippen MR) is 91.9 cm³/mol. The lowest BCUT2D eigenvalue weighted by Crippen LogP contribution is -2.48. The molecule has 0 saturated carbocycles. The van der Waals surface area contributed by atoms with Crippen molar-refractivity contribution in [3.8, 4) is 0 Å². The van der Waals surface area contributed by atoms with Gasteiger partial charge in [-0.25, -0.2) is 4.98 Å². The molecule has 1 aliphatic rings. The van der Waals surface area contributed by atoms with E-state index in [4.69, 9.17) is 11.6 Å². The van der Waals surface area contributed by atoms with E-state index in [1.807, 2.05) is 6.07 Å². The Labute approximate surface area is 154 Å². The second-order valence-electron chi connectivity index (χ2n) is 6.10. The van der Waals surface area contributed by atoms with Gasteiger partial charge in [0.2, 0.25) is 0 Å². The number of aromatic nitrogens is 1. The molecule has 0 N–H and O–H groups in total. The van der Waals surface area contributed by atoms with Crippen LogP contribution in [0.1, 0.15) is 21.5 Å². The Morgan fingerprint density at radius 1 is 1.08 bits per heavy atom. The van der Waals surface area contributed by atoms with E-state index in [-0.39, 0.29) is 5.56 Å². The molecule has 0 unspecified atom stereocenters. The SMILES string of the molecule is O=C(c1ccccc1C(F)(F)F)N1CCN(Cc2ccc(Cl)nc2)CC1. The Morgan fingerprint density at radius 3 is 2.38 bits per heavy atom. The average Bonchev–Trinajstić information content (AvgIpc) is 2.63. The van der Waals surface area contributed by atoms with Crippen LogP contribution >= 0.6 is 11.6 Å².